The fourth-order valence-electron chi connectivity index (χ4n) is 2.36. The van der Waals surface area contributed by atoms with Crippen molar-refractivity contribution in [3.8, 4) is 11.3 Å². The molecular weight excluding hydrogens is 344 g/mol. The van der Waals surface area contributed by atoms with Crippen LogP contribution >= 0.6 is 11.6 Å². The molecule has 6 nitrogen and oxygen atoms in total. The molecule has 0 bridgehead atoms. The van der Waals surface area contributed by atoms with E-state index in [-0.39, 0.29) is 17.2 Å². The number of carbonyl (C=O) groups excluding carboxylic acids is 1. The van der Waals surface area contributed by atoms with Crippen molar-refractivity contribution in [2.75, 3.05) is 5.32 Å². The number of anilines is 1. The van der Waals surface area contributed by atoms with E-state index >= 15 is 0 Å². The van der Waals surface area contributed by atoms with Crippen LogP contribution in [0.1, 0.15) is 16.1 Å². The largest absolute Gasteiger partial charge is 0.451 e. The second kappa shape index (κ2) is 6.78. The maximum atomic E-state index is 12.4. The molecule has 0 aliphatic rings. The molecule has 2 aromatic carbocycles. The first-order valence-corrected chi connectivity index (χ1v) is 7.74. The number of amides is 1. The Kier molecular flexibility index (Phi) is 4.54. The van der Waals surface area contributed by atoms with Gasteiger partial charge >= 0.3 is 0 Å². The Hall–Kier alpha value is -3.12. The first-order valence-electron chi connectivity index (χ1n) is 7.37. The number of hydrogen-bond acceptors (Lipinski definition) is 4. The van der Waals surface area contributed by atoms with Gasteiger partial charge in [-0.25, -0.2) is 0 Å². The predicted octanol–water partition coefficient (Wildman–Crippen LogP) is 5.07. The highest BCUT2D eigenvalue weighted by molar-refractivity contribution is 6.31. The van der Waals surface area contributed by atoms with E-state index in [0.717, 1.165) is 5.56 Å². The Bertz CT molecular complexity index is 965. The van der Waals surface area contributed by atoms with Crippen LogP contribution in [0, 0.1) is 17.0 Å². The molecule has 0 atom stereocenters. The number of nitrogens with zero attached hydrogens (tertiary/aromatic N) is 1. The highest BCUT2D eigenvalue weighted by Crippen LogP contribution is 2.31. The zero-order valence-electron chi connectivity index (χ0n) is 13.2. The van der Waals surface area contributed by atoms with Gasteiger partial charge in [0.1, 0.15) is 5.76 Å². The average molecular weight is 357 g/mol. The van der Waals surface area contributed by atoms with Crippen LogP contribution in [0.15, 0.2) is 59.0 Å². The standard InChI is InChI=1S/C18H13ClN2O4/c1-11-6-7-12(19)10-14(11)20-18(22)17-9-8-16(25-17)13-4-2-3-5-15(13)21(23)24/h2-10H,1H3,(H,20,22). The first kappa shape index (κ1) is 16.7. The highest BCUT2D eigenvalue weighted by Gasteiger charge is 2.19. The summed E-state index contributed by atoms with van der Waals surface area (Å²) in [6, 6.07) is 14.3. The van der Waals surface area contributed by atoms with E-state index in [1.54, 1.807) is 36.4 Å². The van der Waals surface area contributed by atoms with Crippen molar-refractivity contribution >= 4 is 28.9 Å². The Labute approximate surface area is 148 Å². The van der Waals surface area contributed by atoms with Crippen LogP contribution in [-0.2, 0) is 0 Å². The third kappa shape index (κ3) is 3.54. The van der Waals surface area contributed by atoms with Crippen LogP contribution in [0.25, 0.3) is 11.3 Å². The molecule has 0 saturated carbocycles. The normalized spacial score (nSPS) is 10.5. The molecular formula is C18H13ClN2O4. The maximum absolute atomic E-state index is 12.4. The zero-order chi connectivity index (χ0) is 18.0. The number of nitro groups is 1. The first-order chi connectivity index (χ1) is 12.0. The van der Waals surface area contributed by atoms with E-state index in [1.807, 2.05) is 6.92 Å². The molecule has 3 aromatic rings. The van der Waals surface area contributed by atoms with E-state index in [1.165, 1.54) is 18.2 Å². The van der Waals surface area contributed by atoms with Gasteiger partial charge in [0.15, 0.2) is 5.76 Å². The van der Waals surface area contributed by atoms with Crippen molar-refractivity contribution in [2.24, 2.45) is 0 Å². The number of aryl methyl sites for hydroxylation is 1. The molecule has 1 aromatic heterocycles. The van der Waals surface area contributed by atoms with E-state index < -0.39 is 10.8 Å². The summed E-state index contributed by atoms with van der Waals surface area (Å²) in [6.07, 6.45) is 0. The SMILES string of the molecule is Cc1ccc(Cl)cc1NC(=O)c1ccc(-c2ccccc2[N+](=O)[O-])o1. The zero-order valence-corrected chi connectivity index (χ0v) is 13.9. The summed E-state index contributed by atoms with van der Waals surface area (Å²) in [5.74, 6) is -0.164. The Morgan fingerprint density at radius 3 is 2.68 bits per heavy atom. The molecule has 0 unspecified atom stereocenters. The summed E-state index contributed by atoms with van der Waals surface area (Å²) < 4.78 is 5.52. The fourth-order valence-corrected chi connectivity index (χ4v) is 2.53. The number of nitrogens with one attached hydrogen (secondary N) is 1. The number of carbonyl (C=O) groups is 1. The number of halogens is 1. The second-order valence-electron chi connectivity index (χ2n) is 5.35. The van der Waals surface area contributed by atoms with Crippen LogP contribution in [0.4, 0.5) is 11.4 Å². The Morgan fingerprint density at radius 1 is 1.16 bits per heavy atom. The summed E-state index contributed by atoms with van der Waals surface area (Å²) in [6.45, 7) is 1.84. The van der Waals surface area contributed by atoms with Gasteiger partial charge in [-0.1, -0.05) is 29.8 Å². The van der Waals surface area contributed by atoms with Crippen LogP contribution < -0.4 is 5.32 Å². The summed E-state index contributed by atoms with van der Waals surface area (Å²) in [7, 11) is 0. The van der Waals surface area contributed by atoms with Gasteiger partial charge in [-0.15, -0.1) is 0 Å². The molecule has 126 valence electrons. The highest BCUT2D eigenvalue weighted by atomic mass is 35.5. The summed E-state index contributed by atoms with van der Waals surface area (Å²) >= 11 is 5.94. The Balaban J connectivity index is 1.88. The van der Waals surface area contributed by atoms with Gasteiger partial charge in [0.05, 0.1) is 10.5 Å². The van der Waals surface area contributed by atoms with Crippen molar-refractivity contribution < 1.29 is 14.1 Å². The third-order valence-electron chi connectivity index (χ3n) is 3.64. The minimum atomic E-state index is -0.493. The van der Waals surface area contributed by atoms with Gasteiger partial charge in [0.2, 0.25) is 0 Å². The number of nitro benzene ring substituents is 1. The molecule has 0 spiro atoms. The van der Waals surface area contributed by atoms with E-state index in [2.05, 4.69) is 5.32 Å². The van der Waals surface area contributed by atoms with E-state index in [4.69, 9.17) is 16.0 Å². The number of rotatable bonds is 4. The molecule has 1 N–H and O–H groups in total. The van der Waals surface area contributed by atoms with Crippen LogP contribution in [-0.4, -0.2) is 10.8 Å². The number of para-hydroxylation sites is 1. The van der Waals surface area contributed by atoms with Gasteiger partial charge in [-0.2, -0.15) is 0 Å². The molecule has 1 amide bonds. The van der Waals surface area contributed by atoms with Gasteiger partial charge in [-0.3, -0.25) is 14.9 Å². The molecule has 1 heterocycles. The lowest BCUT2D eigenvalue weighted by molar-refractivity contribution is -0.384. The quantitative estimate of drug-likeness (QED) is 0.522. The second-order valence-corrected chi connectivity index (χ2v) is 5.79. The van der Waals surface area contributed by atoms with E-state index in [9.17, 15) is 14.9 Å². The molecule has 0 aliphatic heterocycles. The molecule has 0 radical (unpaired) electrons. The monoisotopic (exact) mass is 356 g/mol. The molecule has 3 rings (SSSR count). The third-order valence-corrected chi connectivity index (χ3v) is 3.88. The maximum Gasteiger partial charge on any atom is 0.291 e. The summed E-state index contributed by atoms with van der Waals surface area (Å²) in [5.41, 5.74) is 1.64. The minimum absolute atomic E-state index is 0.0486. The number of hydrogen-bond donors (Lipinski definition) is 1. The lowest BCUT2D eigenvalue weighted by Gasteiger charge is -2.07. The smallest absolute Gasteiger partial charge is 0.291 e. The fraction of sp³-hybridized carbons (Fsp3) is 0.0556. The van der Waals surface area contributed by atoms with Gasteiger partial charge < -0.3 is 9.73 Å². The lowest BCUT2D eigenvalue weighted by atomic mass is 10.1. The van der Waals surface area contributed by atoms with Crippen molar-refractivity contribution in [1.82, 2.24) is 0 Å². The number of benzene rings is 2. The predicted molar refractivity (Wildman–Crippen MR) is 94.9 cm³/mol. The van der Waals surface area contributed by atoms with Crippen molar-refractivity contribution in [3.63, 3.8) is 0 Å². The Morgan fingerprint density at radius 2 is 1.92 bits per heavy atom. The molecule has 0 aliphatic carbocycles. The van der Waals surface area contributed by atoms with Crippen LogP contribution in [0.2, 0.25) is 5.02 Å². The summed E-state index contributed by atoms with van der Waals surface area (Å²) in [4.78, 5) is 23.0. The van der Waals surface area contributed by atoms with Crippen molar-refractivity contribution in [3.05, 3.63) is 81.1 Å². The summed E-state index contributed by atoms with van der Waals surface area (Å²) in [5, 5.41) is 14.3. The molecule has 25 heavy (non-hydrogen) atoms. The lowest BCUT2D eigenvalue weighted by Crippen LogP contribution is -2.11. The molecule has 7 heteroatoms. The van der Waals surface area contributed by atoms with Gasteiger partial charge in [0.25, 0.3) is 11.6 Å². The molecule has 0 saturated heterocycles. The van der Waals surface area contributed by atoms with Gasteiger partial charge in [-0.05, 0) is 42.8 Å². The minimum Gasteiger partial charge on any atom is -0.451 e. The van der Waals surface area contributed by atoms with E-state index in [0.29, 0.717) is 16.3 Å². The average Bonchev–Trinajstić information content (AvgIpc) is 3.08. The number of furan rings is 1. The van der Waals surface area contributed by atoms with Crippen LogP contribution in [0.5, 0.6) is 0 Å². The molecule has 0 fully saturated rings. The van der Waals surface area contributed by atoms with Crippen molar-refractivity contribution in [1.29, 1.82) is 0 Å². The topological polar surface area (TPSA) is 85.4 Å². The van der Waals surface area contributed by atoms with Gasteiger partial charge in [0, 0.05) is 16.8 Å². The van der Waals surface area contributed by atoms with Crippen molar-refractivity contribution in [2.45, 2.75) is 6.92 Å². The van der Waals surface area contributed by atoms with Crippen LogP contribution in [0.3, 0.4) is 0 Å².